The summed E-state index contributed by atoms with van der Waals surface area (Å²) in [5, 5.41) is 26.6. The van der Waals surface area contributed by atoms with Gasteiger partial charge < -0.3 is 10.6 Å². The third-order valence-corrected chi connectivity index (χ3v) is 5.56. The minimum Gasteiger partial charge on any atom is -0.375 e. The molecule has 2 aromatic rings. The molecule has 138 valence electrons. The molecule has 0 aliphatic carbocycles. The van der Waals surface area contributed by atoms with Gasteiger partial charge in [0.25, 0.3) is 11.6 Å². The maximum Gasteiger partial charge on any atom is 0.293 e. The Labute approximate surface area is 160 Å². The van der Waals surface area contributed by atoms with Crippen LogP contribution in [0.5, 0.6) is 0 Å². The van der Waals surface area contributed by atoms with E-state index in [9.17, 15) is 20.2 Å². The number of carbonyl (C=O) groups excluding carboxylic acids is 1. The van der Waals surface area contributed by atoms with Crippen LogP contribution in [0.1, 0.15) is 22.3 Å². The van der Waals surface area contributed by atoms with E-state index in [4.69, 9.17) is 0 Å². The molecule has 0 radical (unpaired) electrons. The van der Waals surface area contributed by atoms with Gasteiger partial charge in [-0.05, 0) is 29.9 Å². The molecule has 0 bridgehead atoms. The number of nitro benzene ring substituents is 1. The molecule has 0 saturated carbocycles. The fourth-order valence-corrected chi connectivity index (χ4v) is 4.10. The van der Waals surface area contributed by atoms with Gasteiger partial charge >= 0.3 is 0 Å². The van der Waals surface area contributed by atoms with Crippen molar-refractivity contribution >= 4 is 29.0 Å². The van der Waals surface area contributed by atoms with Gasteiger partial charge in [-0.25, -0.2) is 0 Å². The molecule has 1 saturated heterocycles. The SMILES string of the molecule is N#CC1(NC(=O)c2ccc(NCc3ccccc3)c([N+](=O)[O-])c2)CCSC1. The molecule has 1 heterocycles. The number of carbonyl (C=O) groups is 1. The van der Waals surface area contributed by atoms with Crippen LogP contribution in [0.15, 0.2) is 48.5 Å². The Morgan fingerprint density at radius 1 is 1.30 bits per heavy atom. The van der Waals surface area contributed by atoms with Gasteiger partial charge in [0, 0.05) is 23.9 Å². The third kappa shape index (κ3) is 4.38. The maximum atomic E-state index is 12.5. The first-order valence-corrected chi connectivity index (χ1v) is 9.56. The van der Waals surface area contributed by atoms with Crippen molar-refractivity contribution in [3.8, 4) is 6.07 Å². The van der Waals surface area contributed by atoms with Crippen molar-refractivity contribution in [1.29, 1.82) is 5.26 Å². The topological polar surface area (TPSA) is 108 Å². The number of nitro groups is 1. The number of nitrogens with zero attached hydrogens (tertiary/aromatic N) is 2. The summed E-state index contributed by atoms with van der Waals surface area (Å²) in [4.78, 5) is 23.4. The molecule has 1 amide bonds. The maximum absolute atomic E-state index is 12.5. The Hall–Kier alpha value is -3.05. The fourth-order valence-electron chi connectivity index (χ4n) is 2.84. The molecule has 1 aliphatic heterocycles. The lowest BCUT2D eigenvalue weighted by Gasteiger charge is -2.21. The highest BCUT2D eigenvalue weighted by atomic mass is 32.2. The Morgan fingerprint density at radius 3 is 2.70 bits per heavy atom. The highest BCUT2D eigenvalue weighted by Gasteiger charge is 2.36. The number of hydrogen-bond donors (Lipinski definition) is 2. The van der Waals surface area contributed by atoms with Crippen molar-refractivity contribution in [3.05, 3.63) is 69.8 Å². The average Bonchev–Trinajstić information content (AvgIpc) is 3.16. The minimum absolute atomic E-state index is 0.165. The summed E-state index contributed by atoms with van der Waals surface area (Å²) in [7, 11) is 0. The van der Waals surface area contributed by atoms with Gasteiger partial charge in [-0.1, -0.05) is 30.3 Å². The van der Waals surface area contributed by atoms with Gasteiger partial charge in [-0.3, -0.25) is 14.9 Å². The number of hydrogen-bond acceptors (Lipinski definition) is 6. The van der Waals surface area contributed by atoms with E-state index in [1.807, 2.05) is 30.3 Å². The number of nitriles is 1. The molecule has 7 nitrogen and oxygen atoms in total. The summed E-state index contributed by atoms with van der Waals surface area (Å²) in [6.07, 6.45) is 0.568. The van der Waals surface area contributed by atoms with Crippen LogP contribution in [-0.2, 0) is 6.54 Å². The highest BCUT2D eigenvalue weighted by molar-refractivity contribution is 7.99. The van der Waals surface area contributed by atoms with Crippen LogP contribution in [-0.4, -0.2) is 27.9 Å². The van der Waals surface area contributed by atoms with Crippen molar-refractivity contribution in [2.24, 2.45) is 0 Å². The van der Waals surface area contributed by atoms with Gasteiger partial charge in [0.05, 0.1) is 11.0 Å². The van der Waals surface area contributed by atoms with E-state index >= 15 is 0 Å². The average molecular weight is 382 g/mol. The smallest absolute Gasteiger partial charge is 0.293 e. The summed E-state index contributed by atoms with van der Waals surface area (Å²) in [6, 6.07) is 16.0. The van der Waals surface area contributed by atoms with Crippen molar-refractivity contribution in [1.82, 2.24) is 5.32 Å². The van der Waals surface area contributed by atoms with Gasteiger partial charge in [-0.2, -0.15) is 17.0 Å². The van der Waals surface area contributed by atoms with Gasteiger partial charge in [0.15, 0.2) is 0 Å². The van der Waals surface area contributed by atoms with Crippen molar-refractivity contribution in [2.45, 2.75) is 18.5 Å². The van der Waals surface area contributed by atoms with Crippen molar-refractivity contribution in [2.75, 3.05) is 16.8 Å². The molecule has 1 aliphatic rings. The standard InChI is InChI=1S/C19H18N4O3S/c20-12-19(8-9-27-13-19)22-18(24)15-6-7-16(17(10-15)23(25)26)21-11-14-4-2-1-3-5-14/h1-7,10,21H,8-9,11,13H2,(H,22,24). The number of thioether (sulfide) groups is 1. The van der Waals surface area contributed by atoms with Crippen molar-refractivity contribution in [3.63, 3.8) is 0 Å². The van der Waals surface area contributed by atoms with Crippen LogP contribution < -0.4 is 10.6 Å². The summed E-state index contributed by atoms with van der Waals surface area (Å²) >= 11 is 1.60. The zero-order valence-electron chi connectivity index (χ0n) is 14.5. The first-order chi connectivity index (χ1) is 13.0. The monoisotopic (exact) mass is 382 g/mol. The molecule has 3 rings (SSSR count). The van der Waals surface area contributed by atoms with E-state index in [1.54, 1.807) is 11.8 Å². The summed E-state index contributed by atoms with van der Waals surface area (Å²) in [5.41, 5.74) is 0.417. The predicted octanol–water partition coefficient (Wildman–Crippen LogP) is 3.34. The molecule has 0 aromatic heterocycles. The molecule has 27 heavy (non-hydrogen) atoms. The van der Waals surface area contributed by atoms with Crippen LogP contribution in [0.3, 0.4) is 0 Å². The number of anilines is 1. The van der Waals surface area contributed by atoms with Crippen LogP contribution in [0, 0.1) is 21.4 Å². The second-order valence-electron chi connectivity index (χ2n) is 6.28. The number of nitrogens with one attached hydrogen (secondary N) is 2. The molecule has 2 N–H and O–H groups in total. The molecular formula is C19H18N4O3S. The predicted molar refractivity (Wildman–Crippen MR) is 105 cm³/mol. The molecule has 1 unspecified atom stereocenters. The van der Waals surface area contributed by atoms with Crippen LogP contribution in [0.25, 0.3) is 0 Å². The molecule has 1 atom stereocenters. The number of benzene rings is 2. The third-order valence-electron chi connectivity index (χ3n) is 4.37. The van der Waals surface area contributed by atoms with Crippen LogP contribution in [0.2, 0.25) is 0 Å². The van der Waals surface area contributed by atoms with Gasteiger partial charge in [-0.15, -0.1) is 0 Å². The normalized spacial score (nSPS) is 18.5. The first-order valence-electron chi connectivity index (χ1n) is 8.41. The van der Waals surface area contributed by atoms with E-state index in [2.05, 4.69) is 16.7 Å². The lowest BCUT2D eigenvalue weighted by Crippen LogP contribution is -2.47. The lowest BCUT2D eigenvalue weighted by molar-refractivity contribution is -0.384. The van der Waals surface area contributed by atoms with Gasteiger partial charge in [0.1, 0.15) is 11.2 Å². The quantitative estimate of drug-likeness (QED) is 0.586. The fraction of sp³-hybridized carbons (Fsp3) is 0.263. The second kappa shape index (κ2) is 8.10. The first kappa shape index (κ1) is 18.7. The zero-order valence-corrected chi connectivity index (χ0v) is 15.3. The summed E-state index contributed by atoms with van der Waals surface area (Å²) in [6.45, 7) is 0.433. The molecule has 0 spiro atoms. The van der Waals surface area contributed by atoms with E-state index in [1.165, 1.54) is 18.2 Å². The Bertz CT molecular complexity index is 890. The van der Waals surface area contributed by atoms with E-state index in [-0.39, 0.29) is 11.3 Å². The van der Waals surface area contributed by atoms with E-state index in [0.717, 1.165) is 11.3 Å². The Kier molecular flexibility index (Phi) is 5.62. The highest BCUT2D eigenvalue weighted by Crippen LogP contribution is 2.29. The lowest BCUT2D eigenvalue weighted by atomic mass is 10.0. The van der Waals surface area contributed by atoms with Crippen LogP contribution in [0.4, 0.5) is 11.4 Å². The van der Waals surface area contributed by atoms with E-state index < -0.39 is 16.4 Å². The largest absolute Gasteiger partial charge is 0.375 e. The number of rotatable bonds is 6. The van der Waals surface area contributed by atoms with Crippen molar-refractivity contribution < 1.29 is 9.72 Å². The van der Waals surface area contributed by atoms with Gasteiger partial charge in [0.2, 0.25) is 0 Å². The molecular weight excluding hydrogens is 364 g/mol. The van der Waals surface area contributed by atoms with Crippen LogP contribution >= 0.6 is 11.8 Å². The summed E-state index contributed by atoms with van der Waals surface area (Å²) in [5.74, 6) is 0.849. The minimum atomic E-state index is -0.902. The summed E-state index contributed by atoms with van der Waals surface area (Å²) < 4.78 is 0. The Morgan fingerprint density at radius 2 is 2.07 bits per heavy atom. The van der Waals surface area contributed by atoms with E-state index in [0.29, 0.717) is 24.4 Å². The zero-order chi connectivity index (χ0) is 19.3. The molecule has 1 fully saturated rings. The molecule has 8 heteroatoms. The number of amides is 1. The second-order valence-corrected chi connectivity index (χ2v) is 7.38. The Balaban J connectivity index is 1.78. The molecule has 2 aromatic carbocycles.